The molecule has 3 rings (SSSR count). The first-order valence-electron chi connectivity index (χ1n) is 6.76. The number of hydrogen-bond donors (Lipinski definition) is 2. The molecule has 1 aromatic carbocycles. The fraction of sp³-hybridized carbons (Fsp3) is 0.375. The van der Waals surface area contributed by atoms with Crippen LogP contribution < -0.4 is 5.73 Å². The molecule has 94 valence electrons. The first-order valence-corrected chi connectivity index (χ1v) is 6.76. The van der Waals surface area contributed by atoms with E-state index in [1.165, 1.54) is 22.0 Å². The van der Waals surface area contributed by atoms with Gasteiger partial charge in [-0.25, -0.2) is 0 Å². The second kappa shape index (κ2) is 4.29. The van der Waals surface area contributed by atoms with Gasteiger partial charge in [-0.2, -0.15) is 0 Å². The Bertz CT molecular complexity index is 594. The molecule has 0 radical (unpaired) electrons. The molecule has 0 bridgehead atoms. The van der Waals surface area contributed by atoms with Crippen LogP contribution >= 0.6 is 0 Å². The van der Waals surface area contributed by atoms with Crippen molar-refractivity contribution < 1.29 is 0 Å². The van der Waals surface area contributed by atoms with E-state index in [1.54, 1.807) is 0 Å². The number of H-pyrrole nitrogens is 1. The monoisotopic (exact) mass is 240 g/mol. The number of rotatable bonds is 2. The Morgan fingerprint density at radius 3 is 2.94 bits per heavy atom. The molecule has 1 aliphatic carbocycles. The zero-order valence-corrected chi connectivity index (χ0v) is 10.9. The highest BCUT2D eigenvalue weighted by atomic mass is 14.7. The van der Waals surface area contributed by atoms with Crippen LogP contribution in [-0.2, 0) is 0 Å². The van der Waals surface area contributed by atoms with Crippen molar-refractivity contribution >= 4 is 16.5 Å². The van der Waals surface area contributed by atoms with Crippen LogP contribution in [0.15, 0.2) is 36.5 Å². The van der Waals surface area contributed by atoms with Gasteiger partial charge >= 0.3 is 0 Å². The van der Waals surface area contributed by atoms with Crippen LogP contribution in [0.4, 0.5) is 0 Å². The lowest BCUT2D eigenvalue weighted by molar-refractivity contribution is 0.379. The fourth-order valence-corrected chi connectivity index (χ4v) is 2.83. The molecule has 0 spiro atoms. The molecule has 2 heteroatoms. The normalized spacial score (nSPS) is 24.2. The molecule has 2 aromatic rings. The molecular formula is C16H20N2. The lowest BCUT2D eigenvalue weighted by Crippen LogP contribution is -2.39. The predicted molar refractivity (Wildman–Crippen MR) is 77.3 cm³/mol. The molecule has 1 aliphatic rings. The van der Waals surface area contributed by atoms with Crippen LogP contribution in [0.3, 0.4) is 0 Å². The van der Waals surface area contributed by atoms with Crippen molar-refractivity contribution in [2.45, 2.75) is 38.1 Å². The third-order valence-corrected chi connectivity index (χ3v) is 4.28. The molecule has 2 nitrogen and oxygen atoms in total. The molecule has 1 atom stereocenters. The lowest BCUT2D eigenvalue weighted by atomic mass is 9.79. The maximum absolute atomic E-state index is 6.34. The molecule has 0 fully saturated rings. The topological polar surface area (TPSA) is 41.8 Å². The van der Waals surface area contributed by atoms with E-state index in [2.05, 4.69) is 42.2 Å². The maximum Gasteiger partial charge on any atom is 0.0530 e. The number of hydrogen-bond acceptors (Lipinski definition) is 1. The molecule has 0 aliphatic heterocycles. The van der Waals surface area contributed by atoms with Crippen LogP contribution in [-0.4, -0.2) is 10.5 Å². The minimum atomic E-state index is 0.0210. The number of fused-ring (bicyclic) bond motifs is 1. The Labute approximate surface area is 108 Å². The van der Waals surface area contributed by atoms with E-state index in [0.29, 0.717) is 0 Å². The Hall–Kier alpha value is -1.54. The Balaban J connectivity index is 1.99. The standard InChI is InChI=1S/C16H20N2/c1-2-16(17)9-6-12(7-10-16)14-5-3-4-13-8-11-18-15(13)14/h3-6,8,11,18H,2,7,9-10,17H2,1H3. The van der Waals surface area contributed by atoms with Gasteiger partial charge in [0.05, 0.1) is 5.52 Å². The van der Waals surface area contributed by atoms with Gasteiger partial charge in [0, 0.05) is 17.3 Å². The molecule has 3 N–H and O–H groups in total. The van der Waals surface area contributed by atoms with E-state index in [9.17, 15) is 0 Å². The minimum Gasteiger partial charge on any atom is -0.361 e. The fourth-order valence-electron chi connectivity index (χ4n) is 2.83. The summed E-state index contributed by atoms with van der Waals surface area (Å²) in [5.41, 5.74) is 10.4. The largest absolute Gasteiger partial charge is 0.361 e. The molecule has 18 heavy (non-hydrogen) atoms. The highest BCUT2D eigenvalue weighted by Crippen LogP contribution is 2.35. The van der Waals surface area contributed by atoms with Crippen molar-refractivity contribution in [3.63, 3.8) is 0 Å². The van der Waals surface area contributed by atoms with Gasteiger partial charge in [0.2, 0.25) is 0 Å². The lowest BCUT2D eigenvalue weighted by Gasteiger charge is -2.31. The minimum absolute atomic E-state index is 0.0210. The van der Waals surface area contributed by atoms with E-state index in [0.717, 1.165) is 25.7 Å². The van der Waals surface area contributed by atoms with Crippen LogP contribution in [0.25, 0.3) is 16.5 Å². The number of nitrogens with one attached hydrogen (secondary N) is 1. The molecule has 1 aromatic heterocycles. The third kappa shape index (κ3) is 1.87. The zero-order valence-electron chi connectivity index (χ0n) is 10.9. The number of aromatic nitrogens is 1. The second-order valence-corrected chi connectivity index (χ2v) is 5.40. The second-order valence-electron chi connectivity index (χ2n) is 5.40. The van der Waals surface area contributed by atoms with E-state index in [4.69, 9.17) is 5.73 Å². The summed E-state index contributed by atoms with van der Waals surface area (Å²) in [5, 5.41) is 1.29. The summed E-state index contributed by atoms with van der Waals surface area (Å²) in [5.74, 6) is 0. The summed E-state index contributed by atoms with van der Waals surface area (Å²) in [6, 6.07) is 8.62. The zero-order chi connectivity index (χ0) is 12.6. The van der Waals surface area contributed by atoms with Crippen LogP contribution in [0, 0.1) is 0 Å². The van der Waals surface area contributed by atoms with E-state index in [1.807, 2.05) is 6.20 Å². The van der Waals surface area contributed by atoms with Gasteiger partial charge in [0.15, 0.2) is 0 Å². The van der Waals surface area contributed by atoms with Crippen LogP contribution in [0.2, 0.25) is 0 Å². The highest BCUT2D eigenvalue weighted by molar-refractivity contribution is 5.91. The van der Waals surface area contributed by atoms with Gasteiger partial charge in [-0.05, 0) is 42.7 Å². The number of nitrogens with two attached hydrogens (primary N) is 1. The van der Waals surface area contributed by atoms with Crippen molar-refractivity contribution in [2.75, 3.05) is 0 Å². The maximum atomic E-state index is 6.34. The van der Waals surface area contributed by atoms with Crippen LogP contribution in [0.1, 0.15) is 38.2 Å². The number of allylic oxidation sites excluding steroid dienone is 1. The summed E-state index contributed by atoms with van der Waals surface area (Å²) >= 11 is 0. The molecule has 0 saturated heterocycles. The van der Waals surface area contributed by atoms with Crippen molar-refractivity contribution in [2.24, 2.45) is 5.73 Å². The summed E-state index contributed by atoms with van der Waals surface area (Å²) in [6.45, 7) is 2.19. The van der Waals surface area contributed by atoms with Crippen molar-refractivity contribution in [3.8, 4) is 0 Å². The van der Waals surface area contributed by atoms with Gasteiger partial charge in [0.25, 0.3) is 0 Å². The molecular weight excluding hydrogens is 220 g/mol. The smallest absolute Gasteiger partial charge is 0.0530 e. The molecule has 1 unspecified atom stereocenters. The van der Waals surface area contributed by atoms with Crippen LogP contribution in [0.5, 0.6) is 0 Å². The average molecular weight is 240 g/mol. The Morgan fingerprint density at radius 1 is 1.33 bits per heavy atom. The average Bonchev–Trinajstić information content (AvgIpc) is 2.88. The van der Waals surface area contributed by atoms with Crippen molar-refractivity contribution in [1.29, 1.82) is 0 Å². The van der Waals surface area contributed by atoms with E-state index >= 15 is 0 Å². The number of para-hydroxylation sites is 1. The Morgan fingerprint density at radius 2 is 2.22 bits per heavy atom. The summed E-state index contributed by atoms with van der Waals surface area (Å²) < 4.78 is 0. The first kappa shape index (κ1) is 11.5. The highest BCUT2D eigenvalue weighted by Gasteiger charge is 2.26. The van der Waals surface area contributed by atoms with Gasteiger partial charge in [-0.3, -0.25) is 0 Å². The molecule has 0 saturated carbocycles. The Kier molecular flexibility index (Phi) is 2.75. The molecule has 0 amide bonds. The van der Waals surface area contributed by atoms with Crippen molar-refractivity contribution in [1.82, 2.24) is 4.98 Å². The van der Waals surface area contributed by atoms with E-state index < -0.39 is 0 Å². The SMILES string of the molecule is CCC1(N)CC=C(c2cccc3cc[nH]c23)CC1. The summed E-state index contributed by atoms with van der Waals surface area (Å²) in [4.78, 5) is 3.35. The quantitative estimate of drug-likeness (QED) is 0.822. The summed E-state index contributed by atoms with van der Waals surface area (Å²) in [7, 11) is 0. The first-order chi connectivity index (χ1) is 8.72. The van der Waals surface area contributed by atoms with E-state index in [-0.39, 0.29) is 5.54 Å². The van der Waals surface area contributed by atoms with Gasteiger partial charge in [0.1, 0.15) is 0 Å². The van der Waals surface area contributed by atoms with Gasteiger partial charge in [-0.15, -0.1) is 0 Å². The summed E-state index contributed by atoms with van der Waals surface area (Å²) in [6.07, 6.45) is 8.58. The molecule has 1 heterocycles. The van der Waals surface area contributed by atoms with Gasteiger partial charge < -0.3 is 10.7 Å². The predicted octanol–water partition coefficient (Wildman–Crippen LogP) is 3.84. The number of benzene rings is 1. The number of aromatic amines is 1. The van der Waals surface area contributed by atoms with Crippen molar-refractivity contribution in [3.05, 3.63) is 42.1 Å². The third-order valence-electron chi connectivity index (χ3n) is 4.28. The van der Waals surface area contributed by atoms with Gasteiger partial charge in [-0.1, -0.05) is 31.2 Å².